The standard InChI is InChI=1S/C77H83N9O2/c1-6-85-69-40-38-60-27-12-14-33-67(60)74(69)76(2,3)71(85)35-9-7-10-36-72-77(4,5)75-68-34-15-13-28-61(68)39-41-70(75)86(72)47-25-8-11-37-73(87)82-46-24-26-48-88-66-50-58(52-83(54-62-29-16-20-42-78-62)55-63-30-17-21-43-79-63)49-59(51-66)53-84(56-64-31-18-22-44-80-64)57-65-32-19-23-45-81-65/h7,9-10,12-23,27-36,38-45,49-51H,6,8,11,24-26,37,46-48,52-57H2,1-5H3/p+1. The van der Waals surface area contributed by atoms with Crippen LogP contribution in [0.25, 0.3) is 21.5 Å². The van der Waals surface area contributed by atoms with Crippen LogP contribution in [0.3, 0.4) is 0 Å². The van der Waals surface area contributed by atoms with Gasteiger partial charge in [0.2, 0.25) is 11.6 Å². The second kappa shape index (κ2) is 28.7. The number of likely N-dealkylation sites (N-methyl/N-ethyl adjacent to an activating group) is 1. The normalized spacial score (nSPS) is 14.8. The second-order valence-corrected chi connectivity index (χ2v) is 24.5. The van der Waals surface area contributed by atoms with Crippen LogP contribution in [0.2, 0.25) is 0 Å². The SMILES string of the molecule is CCN1/C(=C/C=C/C=C/C2=[N+](CCCCCC(=O)NCCCCOc3cc(CN(Cc4ccccn4)Cc4ccccn4)cc(CN(Cc4ccccn4)Cc4ccccn4)c3)c3ccc4ccccc4c3C2(C)C)C(C)(C)c2c1ccc1ccccc21. The van der Waals surface area contributed by atoms with Gasteiger partial charge < -0.3 is 15.0 Å². The van der Waals surface area contributed by atoms with Crippen molar-refractivity contribution in [2.75, 3.05) is 31.1 Å². The van der Waals surface area contributed by atoms with E-state index in [2.05, 4.69) is 225 Å². The van der Waals surface area contributed by atoms with Crippen molar-refractivity contribution in [1.29, 1.82) is 0 Å². The molecule has 0 saturated carbocycles. The third-order valence-corrected chi connectivity index (χ3v) is 17.3. The number of carbonyl (C=O) groups excluding carboxylic acids is 1. The summed E-state index contributed by atoms with van der Waals surface area (Å²) in [4.78, 5) is 39.3. The Kier molecular flexibility index (Phi) is 19.8. The molecule has 6 heterocycles. The van der Waals surface area contributed by atoms with Crippen LogP contribution in [0, 0.1) is 0 Å². The van der Waals surface area contributed by atoms with Gasteiger partial charge in [0.05, 0.1) is 34.8 Å². The van der Waals surface area contributed by atoms with Gasteiger partial charge in [-0.15, -0.1) is 0 Å². The number of unbranched alkanes of at least 4 members (excludes halogenated alkanes) is 3. The van der Waals surface area contributed by atoms with E-state index >= 15 is 0 Å². The van der Waals surface area contributed by atoms with Crippen LogP contribution in [0.4, 0.5) is 11.4 Å². The molecule has 88 heavy (non-hydrogen) atoms. The fraction of sp³-hybridized carbons (Fsp3) is 0.299. The van der Waals surface area contributed by atoms with Gasteiger partial charge in [-0.3, -0.25) is 34.5 Å². The highest BCUT2D eigenvalue weighted by atomic mass is 16.5. The summed E-state index contributed by atoms with van der Waals surface area (Å²) in [5.74, 6) is 0.937. The van der Waals surface area contributed by atoms with E-state index in [4.69, 9.17) is 4.74 Å². The molecule has 0 saturated heterocycles. The Morgan fingerprint density at radius 3 is 1.66 bits per heavy atom. The Labute approximate surface area is 520 Å². The average Bonchev–Trinajstić information content (AvgIpc) is 1.61. The molecule has 11 heteroatoms. The lowest BCUT2D eigenvalue weighted by Gasteiger charge is -2.26. The minimum absolute atomic E-state index is 0.108. The molecule has 2 aliphatic heterocycles. The molecule has 2 aliphatic rings. The predicted octanol–water partition coefficient (Wildman–Crippen LogP) is 15.7. The van der Waals surface area contributed by atoms with Crippen LogP contribution in [0.5, 0.6) is 5.75 Å². The Morgan fingerprint density at radius 2 is 1.10 bits per heavy atom. The number of pyridine rings is 4. The predicted molar refractivity (Wildman–Crippen MR) is 359 cm³/mol. The Hall–Kier alpha value is -8.90. The molecule has 11 nitrogen and oxygen atoms in total. The average molecular weight is 1170 g/mol. The molecule has 11 rings (SSSR count). The zero-order valence-corrected chi connectivity index (χ0v) is 52.0. The van der Waals surface area contributed by atoms with Crippen LogP contribution >= 0.6 is 0 Å². The Bertz CT molecular complexity index is 3740. The minimum atomic E-state index is -0.209. The summed E-state index contributed by atoms with van der Waals surface area (Å²) in [6, 6.07) is 57.6. The number of amides is 1. The molecule has 0 unspecified atom stereocenters. The van der Waals surface area contributed by atoms with Crippen LogP contribution in [0.15, 0.2) is 225 Å². The van der Waals surface area contributed by atoms with Gasteiger partial charge in [-0.2, -0.15) is 4.58 Å². The first-order chi connectivity index (χ1) is 43.0. The van der Waals surface area contributed by atoms with E-state index in [1.165, 1.54) is 55.5 Å². The number of hydrogen-bond acceptors (Lipinski definition) is 9. The summed E-state index contributed by atoms with van der Waals surface area (Å²) >= 11 is 0. The van der Waals surface area contributed by atoms with Gasteiger partial charge in [-0.25, -0.2) is 0 Å². The zero-order valence-electron chi connectivity index (χ0n) is 52.0. The molecule has 1 N–H and O–H groups in total. The van der Waals surface area contributed by atoms with Crippen molar-refractivity contribution in [3.63, 3.8) is 0 Å². The van der Waals surface area contributed by atoms with Crippen LogP contribution in [-0.2, 0) is 54.9 Å². The molecule has 448 valence electrons. The topological polar surface area (TPSA) is 103 Å². The van der Waals surface area contributed by atoms with Gasteiger partial charge in [-0.1, -0.05) is 117 Å². The van der Waals surface area contributed by atoms with Crippen molar-refractivity contribution in [3.05, 3.63) is 270 Å². The fourth-order valence-electron chi connectivity index (χ4n) is 13.2. The maximum atomic E-state index is 13.3. The first-order valence-corrected chi connectivity index (χ1v) is 31.6. The molecule has 0 radical (unpaired) electrons. The first-order valence-electron chi connectivity index (χ1n) is 31.6. The zero-order chi connectivity index (χ0) is 60.7. The van der Waals surface area contributed by atoms with E-state index in [-0.39, 0.29) is 16.7 Å². The smallest absolute Gasteiger partial charge is 0.219 e. The molecule has 0 spiro atoms. The maximum absolute atomic E-state index is 13.3. The largest absolute Gasteiger partial charge is 0.494 e. The lowest BCUT2D eigenvalue weighted by molar-refractivity contribution is -0.438. The molecule has 9 aromatic rings. The van der Waals surface area contributed by atoms with E-state index in [0.717, 1.165) is 84.8 Å². The van der Waals surface area contributed by atoms with Gasteiger partial charge in [-0.05, 0) is 164 Å². The van der Waals surface area contributed by atoms with E-state index in [9.17, 15) is 4.79 Å². The van der Waals surface area contributed by atoms with E-state index < -0.39 is 0 Å². The number of hydrogen-bond donors (Lipinski definition) is 1. The number of benzene rings is 5. The van der Waals surface area contributed by atoms with Crippen molar-refractivity contribution in [2.24, 2.45) is 0 Å². The minimum Gasteiger partial charge on any atom is -0.494 e. The van der Waals surface area contributed by atoms with Gasteiger partial charge in [0.25, 0.3) is 0 Å². The van der Waals surface area contributed by atoms with Gasteiger partial charge in [0.15, 0.2) is 5.71 Å². The monoisotopic (exact) mass is 1170 g/mol. The summed E-state index contributed by atoms with van der Waals surface area (Å²) in [6.45, 7) is 18.7. The highest BCUT2D eigenvalue weighted by Crippen LogP contribution is 2.51. The fourth-order valence-corrected chi connectivity index (χ4v) is 13.2. The molecule has 0 atom stereocenters. The third kappa shape index (κ3) is 14.7. The van der Waals surface area contributed by atoms with E-state index in [0.29, 0.717) is 58.8 Å². The first kappa shape index (κ1) is 60.8. The van der Waals surface area contributed by atoms with Gasteiger partial charge in [0, 0.05) is 124 Å². The van der Waals surface area contributed by atoms with Gasteiger partial charge in [0.1, 0.15) is 12.3 Å². The summed E-state index contributed by atoms with van der Waals surface area (Å²) in [5, 5.41) is 8.40. The van der Waals surface area contributed by atoms with E-state index in [1.54, 1.807) is 0 Å². The second-order valence-electron chi connectivity index (χ2n) is 24.5. The number of carbonyl (C=O) groups is 1. The quantitative estimate of drug-likeness (QED) is 0.0292. The summed E-state index contributed by atoms with van der Waals surface area (Å²) in [6.07, 6.45) is 23.6. The molecule has 0 bridgehead atoms. The molecule has 1 amide bonds. The van der Waals surface area contributed by atoms with Crippen LogP contribution in [-0.4, -0.2) is 72.2 Å². The molecule has 0 aliphatic carbocycles. The van der Waals surface area contributed by atoms with Crippen LogP contribution in [0.1, 0.15) is 118 Å². The van der Waals surface area contributed by atoms with Crippen molar-refractivity contribution >= 4 is 44.5 Å². The van der Waals surface area contributed by atoms with Gasteiger partial charge >= 0.3 is 0 Å². The highest BCUT2D eigenvalue weighted by molar-refractivity contribution is 6.07. The number of anilines is 1. The Morgan fingerprint density at radius 1 is 0.557 bits per heavy atom. The van der Waals surface area contributed by atoms with Crippen LogP contribution < -0.4 is 15.0 Å². The van der Waals surface area contributed by atoms with Crippen molar-refractivity contribution in [1.82, 2.24) is 35.1 Å². The summed E-state index contributed by atoms with van der Waals surface area (Å²) in [7, 11) is 0. The number of ether oxygens (including phenoxy) is 1. The third-order valence-electron chi connectivity index (χ3n) is 17.3. The molecule has 4 aromatic heterocycles. The van der Waals surface area contributed by atoms with Crippen molar-refractivity contribution < 1.29 is 14.1 Å². The lowest BCUT2D eigenvalue weighted by Crippen LogP contribution is -2.28. The number of rotatable bonds is 28. The van der Waals surface area contributed by atoms with Crippen molar-refractivity contribution in [2.45, 2.75) is 123 Å². The van der Waals surface area contributed by atoms with Crippen molar-refractivity contribution in [3.8, 4) is 5.75 Å². The number of nitrogens with zero attached hydrogens (tertiary/aromatic N) is 8. The van der Waals surface area contributed by atoms with E-state index in [1.807, 2.05) is 73.3 Å². The number of nitrogens with one attached hydrogen (secondary N) is 1. The number of fused-ring (bicyclic) bond motifs is 6. The molecular weight excluding hydrogens is 1080 g/mol. The molecule has 0 fully saturated rings. The Balaban J connectivity index is 0.704. The number of allylic oxidation sites excluding steroid dienone is 6. The summed E-state index contributed by atoms with van der Waals surface area (Å²) in [5.41, 5.74) is 13.9. The summed E-state index contributed by atoms with van der Waals surface area (Å²) < 4.78 is 9.14. The highest BCUT2D eigenvalue weighted by Gasteiger charge is 2.45. The molecular formula is C77H84N9O2+. The number of aromatic nitrogens is 4. The lowest BCUT2D eigenvalue weighted by atomic mass is 9.79. The molecule has 5 aromatic carbocycles. The maximum Gasteiger partial charge on any atom is 0.219 e.